The average molecular weight is 273 g/mol. The molecular weight excluding hydrogens is 250 g/mol. The van der Waals surface area contributed by atoms with Gasteiger partial charge in [0.1, 0.15) is 0 Å². The van der Waals surface area contributed by atoms with Crippen LogP contribution in [0.3, 0.4) is 0 Å². The van der Waals surface area contributed by atoms with Crippen molar-refractivity contribution in [2.24, 2.45) is 5.92 Å². The zero-order valence-electron chi connectivity index (χ0n) is 11.9. The van der Waals surface area contributed by atoms with E-state index in [2.05, 4.69) is 15.2 Å². The zero-order valence-corrected chi connectivity index (χ0v) is 11.9. The van der Waals surface area contributed by atoms with Gasteiger partial charge >= 0.3 is 6.03 Å². The molecular formula is C16H23N3O. The Balaban J connectivity index is 1.64. The third-order valence-electron chi connectivity index (χ3n) is 4.67. The maximum Gasteiger partial charge on any atom is 0.322 e. The molecule has 1 saturated heterocycles. The van der Waals surface area contributed by atoms with E-state index in [0.29, 0.717) is 12.0 Å². The Hall–Kier alpha value is -1.58. The van der Waals surface area contributed by atoms with Gasteiger partial charge in [-0.05, 0) is 43.7 Å². The predicted molar refractivity (Wildman–Crippen MR) is 79.6 cm³/mol. The number of nitrogens with one attached hydrogen (secondary N) is 1. The number of amides is 2. The van der Waals surface area contributed by atoms with Crippen LogP contribution in [0.15, 0.2) is 24.5 Å². The summed E-state index contributed by atoms with van der Waals surface area (Å²) in [5.74, 6) is 0.714. The van der Waals surface area contributed by atoms with E-state index in [-0.39, 0.29) is 6.03 Å². The second-order valence-corrected chi connectivity index (χ2v) is 5.97. The minimum Gasteiger partial charge on any atom is -0.321 e. The van der Waals surface area contributed by atoms with Crippen LogP contribution < -0.4 is 5.32 Å². The van der Waals surface area contributed by atoms with Crippen LogP contribution in [0.5, 0.6) is 0 Å². The van der Waals surface area contributed by atoms with Crippen molar-refractivity contribution in [3.8, 4) is 0 Å². The molecule has 0 aromatic carbocycles. The van der Waals surface area contributed by atoms with E-state index >= 15 is 0 Å². The van der Waals surface area contributed by atoms with Crippen LogP contribution in [0.2, 0.25) is 0 Å². The average Bonchev–Trinajstić information content (AvgIpc) is 2.99. The maximum absolute atomic E-state index is 12.5. The molecule has 1 saturated carbocycles. The van der Waals surface area contributed by atoms with Gasteiger partial charge in [-0.25, -0.2) is 4.79 Å². The molecule has 2 aliphatic rings. The van der Waals surface area contributed by atoms with Gasteiger partial charge < -0.3 is 10.2 Å². The summed E-state index contributed by atoms with van der Waals surface area (Å²) in [7, 11) is 0. The Bertz CT molecular complexity index is 442. The van der Waals surface area contributed by atoms with Gasteiger partial charge in [-0.3, -0.25) is 4.98 Å². The molecule has 0 spiro atoms. The molecule has 0 bridgehead atoms. The molecule has 4 heteroatoms. The molecule has 2 fully saturated rings. The van der Waals surface area contributed by atoms with Crippen molar-refractivity contribution < 1.29 is 4.79 Å². The Morgan fingerprint density at radius 2 is 2.05 bits per heavy atom. The first-order chi connectivity index (χ1) is 9.84. The van der Waals surface area contributed by atoms with E-state index in [1.54, 1.807) is 12.4 Å². The van der Waals surface area contributed by atoms with Crippen LogP contribution in [0, 0.1) is 5.92 Å². The predicted octanol–water partition coefficient (Wildman–Crippen LogP) is 3.66. The molecule has 0 radical (unpaired) electrons. The van der Waals surface area contributed by atoms with Gasteiger partial charge in [0.05, 0.1) is 11.9 Å². The van der Waals surface area contributed by atoms with Crippen molar-refractivity contribution in [1.82, 2.24) is 9.88 Å². The molecule has 1 aliphatic heterocycles. The third kappa shape index (κ3) is 2.94. The highest BCUT2D eigenvalue weighted by Gasteiger charge is 2.35. The number of carbonyl (C=O) groups is 1. The monoisotopic (exact) mass is 273 g/mol. The van der Waals surface area contributed by atoms with Crippen LogP contribution in [0.25, 0.3) is 0 Å². The topological polar surface area (TPSA) is 45.2 Å². The lowest BCUT2D eigenvalue weighted by molar-refractivity contribution is 0.166. The summed E-state index contributed by atoms with van der Waals surface area (Å²) in [6.07, 6.45) is 12.3. The largest absolute Gasteiger partial charge is 0.322 e. The lowest BCUT2D eigenvalue weighted by Crippen LogP contribution is -2.43. The fourth-order valence-corrected chi connectivity index (χ4v) is 3.69. The number of rotatable bonds is 2. The van der Waals surface area contributed by atoms with Crippen LogP contribution in [-0.2, 0) is 0 Å². The number of pyridine rings is 1. The minimum atomic E-state index is 0.0473. The standard InChI is InChI=1S/C16H23N3O/c20-16(18-14-8-4-10-17-12-14)19-11-5-9-15(19)13-6-2-1-3-7-13/h4,8,10,12-13,15H,1-3,5-7,9,11H2,(H,18,20). The molecule has 1 unspecified atom stereocenters. The molecule has 1 N–H and O–H groups in total. The van der Waals surface area contributed by atoms with Crippen molar-refractivity contribution in [2.75, 3.05) is 11.9 Å². The van der Waals surface area contributed by atoms with Gasteiger partial charge in [0.15, 0.2) is 0 Å². The van der Waals surface area contributed by atoms with Crippen molar-refractivity contribution in [3.63, 3.8) is 0 Å². The van der Waals surface area contributed by atoms with Gasteiger partial charge in [0, 0.05) is 18.8 Å². The Labute approximate surface area is 120 Å². The SMILES string of the molecule is O=C(Nc1cccnc1)N1CCCC1C1CCCCC1. The smallest absolute Gasteiger partial charge is 0.321 e. The Morgan fingerprint density at radius 3 is 2.80 bits per heavy atom. The first-order valence-corrected chi connectivity index (χ1v) is 7.82. The van der Waals surface area contributed by atoms with Crippen LogP contribution in [0.4, 0.5) is 10.5 Å². The van der Waals surface area contributed by atoms with E-state index in [9.17, 15) is 4.79 Å². The second-order valence-electron chi connectivity index (χ2n) is 5.97. The van der Waals surface area contributed by atoms with Gasteiger partial charge in [-0.2, -0.15) is 0 Å². The highest BCUT2D eigenvalue weighted by atomic mass is 16.2. The van der Waals surface area contributed by atoms with Crippen molar-refractivity contribution >= 4 is 11.7 Å². The summed E-state index contributed by atoms with van der Waals surface area (Å²) in [6, 6.07) is 4.23. The molecule has 1 aromatic heterocycles. The molecule has 2 heterocycles. The maximum atomic E-state index is 12.5. The summed E-state index contributed by atoms with van der Waals surface area (Å²) in [5, 5.41) is 2.98. The molecule has 1 aromatic rings. The summed E-state index contributed by atoms with van der Waals surface area (Å²) in [5.41, 5.74) is 0.784. The molecule has 4 nitrogen and oxygen atoms in total. The third-order valence-corrected chi connectivity index (χ3v) is 4.67. The molecule has 1 atom stereocenters. The number of hydrogen-bond donors (Lipinski definition) is 1. The number of nitrogens with zero attached hydrogens (tertiary/aromatic N) is 2. The Kier molecular flexibility index (Phi) is 4.19. The lowest BCUT2D eigenvalue weighted by Gasteiger charge is -2.34. The van der Waals surface area contributed by atoms with Gasteiger partial charge in [-0.15, -0.1) is 0 Å². The number of anilines is 1. The summed E-state index contributed by atoms with van der Waals surface area (Å²) in [4.78, 5) is 18.6. The molecule has 3 rings (SSSR count). The highest BCUT2D eigenvalue weighted by Crippen LogP contribution is 2.34. The van der Waals surface area contributed by atoms with E-state index < -0.39 is 0 Å². The fraction of sp³-hybridized carbons (Fsp3) is 0.625. The number of urea groups is 1. The number of aromatic nitrogens is 1. The van der Waals surface area contributed by atoms with Gasteiger partial charge in [-0.1, -0.05) is 19.3 Å². The number of hydrogen-bond acceptors (Lipinski definition) is 2. The van der Waals surface area contributed by atoms with E-state index in [1.165, 1.54) is 38.5 Å². The first-order valence-electron chi connectivity index (χ1n) is 7.82. The summed E-state index contributed by atoms with van der Waals surface area (Å²) >= 11 is 0. The second kappa shape index (κ2) is 6.25. The quantitative estimate of drug-likeness (QED) is 0.893. The summed E-state index contributed by atoms with van der Waals surface area (Å²) < 4.78 is 0. The fourth-order valence-electron chi connectivity index (χ4n) is 3.69. The number of carbonyl (C=O) groups excluding carboxylic acids is 1. The normalized spacial score (nSPS) is 23.8. The van der Waals surface area contributed by atoms with Gasteiger partial charge in [0.2, 0.25) is 0 Å². The van der Waals surface area contributed by atoms with Crippen molar-refractivity contribution in [2.45, 2.75) is 51.0 Å². The van der Waals surface area contributed by atoms with E-state index in [1.807, 2.05) is 12.1 Å². The summed E-state index contributed by atoms with van der Waals surface area (Å²) in [6.45, 7) is 0.896. The van der Waals surface area contributed by atoms with Crippen LogP contribution in [0.1, 0.15) is 44.9 Å². The van der Waals surface area contributed by atoms with Crippen molar-refractivity contribution in [3.05, 3.63) is 24.5 Å². The molecule has 108 valence electrons. The van der Waals surface area contributed by atoms with Crippen molar-refractivity contribution in [1.29, 1.82) is 0 Å². The highest BCUT2D eigenvalue weighted by molar-refractivity contribution is 5.89. The minimum absolute atomic E-state index is 0.0473. The van der Waals surface area contributed by atoms with Crippen LogP contribution in [-0.4, -0.2) is 28.5 Å². The zero-order chi connectivity index (χ0) is 13.8. The molecule has 20 heavy (non-hydrogen) atoms. The lowest BCUT2D eigenvalue weighted by atomic mass is 9.83. The number of likely N-dealkylation sites (tertiary alicyclic amines) is 1. The molecule has 1 aliphatic carbocycles. The first kappa shape index (κ1) is 13.4. The van der Waals surface area contributed by atoms with E-state index in [0.717, 1.165) is 18.7 Å². The van der Waals surface area contributed by atoms with Crippen LogP contribution >= 0.6 is 0 Å². The van der Waals surface area contributed by atoms with E-state index in [4.69, 9.17) is 0 Å². The van der Waals surface area contributed by atoms with Gasteiger partial charge in [0.25, 0.3) is 0 Å². The molecule has 2 amide bonds. The Morgan fingerprint density at radius 1 is 1.20 bits per heavy atom.